The van der Waals surface area contributed by atoms with E-state index in [4.69, 9.17) is 23.2 Å². The van der Waals surface area contributed by atoms with Crippen LogP contribution < -0.4 is 0 Å². The van der Waals surface area contributed by atoms with Crippen LogP contribution in [0.3, 0.4) is 0 Å². The summed E-state index contributed by atoms with van der Waals surface area (Å²) in [5.41, 5.74) is 1.53. The van der Waals surface area contributed by atoms with Gasteiger partial charge in [-0.15, -0.1) is 11.6 Å². The molecule has 19 heavy (non-hydrogen) atoms. The Bertz CT molecular complexity index is 580. The molecule has 2 rings (SSSR count). The van der Waals surface area contributed by atoms with E-state index in [2.05, 4.69) is 23.4 Å². The Morgan fingerprint density at radius 2 is 2.16 bits per heavy atom. The van der Waals surface area contributed by atoms with Gasteiger partial charge in [0.15, 0.2) is 0 Å². The summed E-state index contributed by atoms with van der Waals surface area (Å²) in [5, 5.41) is 0.109. The lowest BCUT2D eigenvalue weighted by atomic mass is 10.2. The first-order chi connectivity index (χ1) is 9.08. The van der Waals surface area contributed by atoms with Gasteiger partial charge >= 0.3 is 0 Å². The van der Waals surface area contributed by atoms with E-state index >= 15 is 0 Å². The molecule has 0 aliphatic rings. The van der Waals surface area contributed by atoms with Gasteiger partial charge in [-0.1, -0.05) is 24.9 Å². The molecule has 104 valence electrons. The molecule has 0 N–H and O–H groups in total. The Balaban J connectivity index is 2.61. The second kappa shape index (κ2) is 6.10. The average Bonchev–Trinajstić information content (AvgIpc) is 2.68. The maximum Gasteiger partial charge on any atom is 0.144 e. The van der Waals surface area contributed by atoms with Crippen LogP contribution in [0.2, 0.25) is 5.02 Å². The van der Waals surface area contributed by atoms with Crippen molar-refractivity contribution in [1.29, 1.82) is 0 Å². The molecule has 0 fully saturated rings. The first-order valence-electron chi connectivity index (χ1n) is 6.50. The summed E-state index contributed by atoms with van der Waals surface area (Å²) in [4.78, 5) is 4.54. The minimum absolute atomic E-state index is 0.109. The van der Waals surface area contributed by atoms with Crippen molar-refractivity contribution in [3.63, 3.8) is 0 Å². The summed E-state index contributed by atoms with van der Waals surface area (Å²) in [7, 11) is 0. The van der Waals surface area contributed by atoms with E-state index < -0.39 is 5.82 Å². The van der Waals surface area contributed by atoms with E-state index in [1.807, 2.05) is 0 Å². The van der Waals surface area contributed by atoms with Crippen LogP contribution in [-0.4, -0.2) is 15.4 Å². The Morgan fingerprint density at radius 3 is 2.79 bits per heavy atom. The molecule has 0 amide bonds. The molecule has 2 aromatic rings. The molecule has 0 radical (unpaired) electrons. The molecule has 5 heteroatoms. The Morgan fingerprint density at radius 1 is 1.42 bits per heavy atom. The van der Waals surface area contributed by atoms with Crippen LogP contribution in [0.1, 0.15) is 38.6 Å². The SMILES string of the molecule is CCCC(C)n1c(CCCl)nc2cc(Cl)c(F)cc21. The van der Waals surface area contributed by atoms with Crippen molar-refractivity contribution in [3.8, 4) is 0 Å². The molecule has 0 bridgehead atoms. The minimum Gasteiger partial charge on any atom is -0.325 e. The average molecular weight is 303 g/mol. The van der Waals surface area contributed by atoms with E-state index in [1.54, 1.807) is 6.07 Å². The molecule has 0 spiro atoms. The fraction of sp³-hybridized carbons (Fsp3) is 0.500. The van der Waals surface area contributed by atoms with Crippen molar-refractivity contribution in [2.75, 3.05) is 5.88 Å². The highest BCUT2D eigenvalue weighted by atomic mass is 35.5. The van der Waals surface area contributed by atoms with Gasteiger partial charge < -0.3 is 4.57 Å². The van der Waals surface area contributed by atoms with Crippen LogP contribution in [0.15, 0.2) is 12.1 Å². The van der Waals surface area contributed by atoms with E-state index in [0.717, 1.165) is 29.7 Å². The van der Waals surface area contributed by atoms with Crippen LogP contribution in [0.4, 0.5) is 4.39 Å². The number of aryl methyl sites for hydroxylation is 1. The molecule has 1 unspecified atom stereocenters. The normalized spacial score (nSPS) is 13.1. The van der Waals surface area contributed by atoms with Crippen molar-refractivity contribution < 1.29 is 4.39 Å². The van der Waals surface area contributed by atoms with Crippen LogP contribution in [-0.2, 0) is 6.42 Å². The fourth-order valence-corrected chi connectivity index (χ4v) is 2.77. The van der Waals surface area contributed by atoms with Crippen molar-refractivity contribution in [1.82, 2.24) is 9.55 Å². The number of imidazole rings is 1. The highest BCUT2D eigenvalue weighted by molar-refractivity contribution is 6.31. The van der Waals surface area contributed by atoms with Gasteiger partial charge in [-0.05, 0) is 19.4 Å². The van der Waals surface area contributed by atoms with Crippen LogP contribution in [0.25, 0.3) is 11.0 Å². The molecule has 1 heterocycles. The number of alkyl halides is 1. The number of hydrogen-bond donors (Lipinski definition) is 0. The third-order valence-corrected chi connectivity index (χ3v) is 3.75. The van der Waals surface area contributed by atoms with Crippen LogP contribution in [0, 0.1) is 5.82 Å². The van der Waals surface area contributed by atoms with Gasteiger partial charge in [-0.3, -0.25) is 0 Å². The zero-order chi connectivity index (χ0) is 14.0. The highest BCUT2D eigenvalue weighted by Crippen LogP contribution is 2.28. The van der Waals surface area contributed by atoms with Gasteiger partial charge in [0.05, 0.1) is 16.1 Å². The molecule has 1 aromatic heterocycles. The first-order valence-corrected chi connectivity index (χ1v) is 7.41. The Labute approximate surface area is 122 Å². The van der Waals surface area contributed by atoms with Crippen molar-refractivity contribution in [3.05, 3.63) is 28.8 Å². The molecule has 0 aliphatic heterocycles. The van der Waals surface area contributed by atoms with E-state index in [9.17, 15) is 4.39 Å². The lowest BCUT2D eigenvalue weighted by molar-refractivity contribution is 0.495. The summed E-state index contributed by atoms with van der Waals surface area (Å²) < 4.78 is 15.8. The van der Waals surface area contributed by atoms with Gasteiger partial charge in [0.2, 0.25) is 0 Å². The summed E-state index contributed by atoms with van der Waals surface area (Å²) in [6.45, 7) is 4.25. The van der Waals surface area contributed by atoms with Gasteiger partial charge in [0, 0.05) is 24.4 Å². The molecule has 0 aliphatic carbocycles. The molecule has 0 saturated heterocycles. The van der Waals surface area contributed by atoms with E-state index in [0.29, 0.717) is 12.3 Å². The smallest absolute Gasteiger partial charge is 0.144 e. The first kappa shape index (κ1) is 14.6. The second-order valence-electron chi connectivity index (χ2n) is 4.73. The second-order valence-corrected chi connectivity index (χ2v) is 5.51. The summed E-state index contributed by atoms with van der Waals surface area (Å²) in [6, 6.07) is 3.32. The maximum absolute atomic E-state index is 13.7. The third-order valence-electron chi connectivity index (χ3n) is 3.27. The number of aromatic nitrogens is 2. The largest absolute Gasteiger partial charge is 0.325 e. The summed E-state index contributed by atoms with van der Waals surface area (Å²) in [5.74, 6) is 0.988. The number of rotatable bonds is 5. The standard InChI is InChI=1S/C14H17Cl2FN2/c1-3-4-9(2)19-13-8-11(17)10(16)7-12(13)18-14(19)5-6-15/h7-9H,3-6H2,1-2H3. The zero-order valence-electron chi connectivity index (χ0n) is 11.1. The number of nitrogens with zero attached hydrogens (tertiary/aromatic N) is 2. The number of fused-ring (bicyclic) bond motifs is 1. The van der Waals surface area contributed by atoms with Gasteiger partial charge in [-0.2, -0.15) is 0 Å². The Kier molecular flexibility index (Phi) is 4.69. The summed E-state index contributed by atoms with van der Waals surface area (Å²) in [6.07, 6.45) is 2.76. The molecular formula is C14H17Cl2FN2. The third kappa shape index (κ3) is 2.87. The lowest BCUT2D eigenvalue weighted by Crippen LogP contribution is -2.10. The van der Waals surface area contributed by atoms with Crippen molar-refractivity contribution in [2.45, 2.75) is 39.2 Å². The number of hydrogen-bond acceptors (Lipinski definition) is 1. The quantitative estimate of drug-likeness (QED) is 0.713. The van der Waals surface area contributed by atoms with Crippen molar-refractivity contribution >= 4 is 34.2 Å². The van der Waals surface area contributed by atoms with E-state index in [1.165, 1.54) is 6.07 Å². The van der Waals surface area contributed by atoms with E-state index in [-0.39, 0.29) is 11.1 Å². The van der Waals surface area contributed by atoms with Gasteiger partial charge in [-0.25, -0.2) is 9.37 Å². The summed E-state index contributed by atoms with van der Waals surface area (Å²) >= 11 is 11.6. The predicted molar refractivity (Wildman–Crippen MR) is 78.7 cm³/mol. The lowest BCUT2D eigenvalue weighted by Gasteiger charge is -2.16. The van der Waals surface area contributed by atoms with Gasteiger partial charge in [0.1, 0.15) is 11.6 Å². The predicted octanol–water partition coefficient (Wildman–Crippen LogP) is 4.97. The monoisotopic (exact) mass is 302 g/mol. The Hall–Kier alpha value is -0.800. The van der Waals surface area contributed by atoms with Crippen LogP contribution in [0.5, 0.6) is 0 Å². The molecule has 2 nitrogen and oxygen atoms in total. The van der Waals surface area contributed by atoms with Gasteiger partial charge in [0.25, 0.3) is 0 Å². The molecular weight excluding hydrogens is 286 g/mol. The highest BCUT2D eigenvalue weighted by Gasteiger charge is 2.17. The van der Waals surface area contributed by atoms with Crippen LogP contribution >= 0.6 is 23.2 Å². The number of benzene rings is 1. The number of halogens is 3. The minimum atomic E-state index is -0.406. The molecule has 1 aromatic carbocycles. The van der Waals surface area contributed by atoms with Crippen molar-refractivity contribution in [2.24, 2.45) is 0 Å². The molecule has 1 atom stereocenters. The maximum atomic E-state index is 13.7. The molecule has 0 saturated carbocycles. The fourth-order valence-electron chi connectivity index (χ4n) is 2.44. The zero-order valence-corrected chi connectivity index (χ0v) is 12.6. The topological polar surface area (TPSA) is 17.8 Å².